The molecule has 0 aliphatic heterocycles. The van der Waals surface area contributed by atoms with Crippen molar-refractivity contribution in [2.24, 2.45) is 0 Å². The molecule has 0 amide bonds. The lowest BCUT2D eigenvalue weighted by atomic mass is 10.2. The molecule has 8 heteroatoms. The van der Waals surface area contributed by atoms with E-state index in [2.05, 4.69) is 76.3 Å². The fourth-order valence-corrected chi connectivity index (χ4v) is 5.20. The average molecular weight is 595 g/mol. The first-order valence-corrected chi connectivity index (χ1v) is 18.2. The van der Waals surface area contributed by atoms with Crippen LogP contribution in [-0.2, 0) is 9.47 Å². The van der Waals surface area contributed by atoms with Gasteiger partial charge in [0.2, 0.25) is 0 Å². The molecule has 0 saturated heterocycles. The summed E-state index contributed by atoms with van der Waals surface area (Å²) >= 11 is 17.7. The van der Waals surface area contributed by atoms with Crippen LogP contribution in [0, 0.1) is 0 Å². The summed E-state index contributed by atoms with van der Waals surface area (Å²) in [6, 6.07) is 0. The molecular weight excluding hydrogens is 537 g/mol. The number of ether oxygens (including phenoxy) is 2. The lowest BCUT2D eigenvalue weighted by Crippen LogP contribution is -1.98. The largest absolute Gasteiger partial charge is 0.335 e. The second-order valence-electron chi connectivity index (χ2n) is 8.27. The van der Waals surface area contributed by atoms with Gasteiger partial charge >= 0.3 is 0 Å². The van der Waals surface area contributed by atoms with E-state index in [0.717, 1.165) is 22.0 Å². The van der Waals surface area contributed by atoms with E-state index in [9.17, 15) is 0 Å². The van der Waals surface area contributed by atoms with Gasteiger partial charge in [0.25, 0.3) is 0 Å². The average Bonchev–Trinajstić information content (AvgIpc) is 2.85. The Morgan fingerprint density at radius 2 is 0.765 bits per heavy atom. The third-order valence-electron chi connectivity index (χ3n) is 4.98. The van der Waals surface area contributed by atoms with E-state index in [-0.39, 0.29) is 0 Å². The molecule has 0 aromatic heterocycles. The monoisotopic (exact) mass is 594 g/mol. The molecule has 0 saturated carbocycles. The summed E-state index contributed by atoms with van der Waals surface area (Å²) in [5.74, 6) is 2.40. The van der Waals surface area contributed by atoms with E-state index < -0.39 is 0 Å². The van der Waals surface area contributed by atoms with E-state index in [0.29, 0.717) is 0 Å². The molecule has 0 aromatic carbocycles. The predicted molar refractivity (Wildman–Crippen MR) is 182 cm³/mol. The van der Waals surface area contributed by atoms with Crippen LogP contribution < -0.4 is 0 Å². The number of unbranched alkanes of at least 4 members (excludes halogenated alkanes) is 12. The molecule has 0 unspecified atom stereocenters. The second-order valence-corrected chi connectivity index (χ2v) is 12.1. The molecule has 0 heterocycles. The number of thiol groups is 6. The number of hydrogen-bond acceptors (Lipinski definition) is 4. The highest BCUT2D eigenvalue weighted by Gasteiger charge is 1.94. The van der Waals surface area contributed by atoms with E-state index in [4.69, 9.17) is 9.47 Å². The molecule has 0 atom stereocenters. The zero-order valence-electron chi connectivity index (χ0n) is 22.6. The van der Waals surface area contributed by atoms with Gasteiger partial charge in [-0.3, -0.25) is 0 Å². The third kappa shape index (κ3) is 40.9. The maximum atomic E-state index is 5.56. The van der Waals surface area contributed by atoms with Gasteiger partial charge in [0.15, 0.2) is 0 Å². The quantitative estimate of drug-likeness (QED) is 0.0365. The van der Waals surface area contributed by atoms with Gasteiger partial charge < -0.3 is 9.47 Å². The molecule has 0 aromatic rings. The van der Waals surface area contributed by atoms with Gasteiger partial charge in [0.05, 0.1) is 13.2 Å². The lowest BCUT2D eigenvalue weighted by molar-refractivity contribution is 0.308. The molecule has 0 aliphatic carbocycles. The fourth-order valence-electron chi connectivity index (χ4n) is 2.90. The first-order chi connectivity index (χ1) is 16.6. The Balaban J connectivity index is -0.000000526. The smallest absolute Gasteiger partial charge is 0.127 e. The lowest BCUT2D eigenvalue weighted by Gasteiger charge is -2.03. The summed E-state index contributed by atoms with van der Waals surface area (Å²) in [4.78, 5) is 0. The van der Waals surface area contributed by atoms with E-state index in [1.165, 1.54) is 137 Å². The van der Waals surface area contributed by atoms with Gasteiger partial charge in [-0.1, -0.05) is 105 Å². The van der Waals surface area contributed by atoms with E-state index in [1.807, 2.05) is 0 Å². The molecule has 0 radical (unpaired) electrons. The SMILES string of the molecule is CCCCCCOC(S)=[SH]CCCCCC.CCCCCCOC(S)=[SH]CCCCCC.SS. The summed E-state index contributed by atoms with van der Waals surface area (Å²) in [6.07, 6.45) is 20.7. The minimum atomic E-state index is 0.848. The Hall–Kier alpha value is 1.76. The van der Waals surface area contributed by atoms with E-state index >= 15 is 0 Å². The van der Waals surface area contributed by atoms with Crippen LogP contribution in [0.15, 0.2) is 0 Å². The second kappa shape index (κ2) is 39.3. The fraction of sp³-hybridized carbons (Fsp3) is 0.923. The van der Waals surface area contributed by atoms with Crippen molar-refractivity contribution in [2.45, 2.75) is 130 Å². The van der Waals surface area contributed by atoms with Gasteiger partial charge in [-0.25, -0.2) is 0 Å². The van der Waals surface area contributed by atoms with Crippen LogP contribution in [0.4, 0.5) is 0 Å². The van der Waals surface area contributed by atoms with Crippen molar-refractivity contribution in [2.75, 3.05) is 24.7 Å². The van der Waals surface area contributed by atoms with Crippen LogP contribution in [0.25, 0.3) is 0 Å². The summed E-state index contributed by atoms with van der Waals surface area (Å²) in [5, 5.41) is 0. The third-order valence-corrected chi connectivity index (χ3v) is 7.96. The minimum absolute atomic E-state index is 0.848. The maximum Gasteiger partial charge on any atom is 0.127 e. The van der Waals surface area contributed by atoms with Crippen molar-refractivity contribution >= 4 is 80.0 Å². The summed E-state index contributed by atoms with van der Waals surface area (Å²) in [7, 11) is 0. The Morgan fingerprint density at radius 1 is 0.471 bits per heavy atom. The molecule has 0 N–H and O–H groups in total. The maximum absolute atomic E-state index is 5.56. The molecule has 0 rings (SSSR count). The first-order valence-electron chi connectivity index (χ1n) is 13.5. The van der Waals surface area contributed by atoms with Gasteiger partial charge in [-0.05, 0) is 37.2 Å². The molecule has 210 valence electrons. The van der Waals surface area contributed by atoms with Crippen LogP contribution >= 0.6 is 71.3 Å². The van der Waals surface area contributed by atoms with Crippen LogP contribution in [0.5, 0.6) is 0 Å². The zero-order valence-corrected chi connectivity index (χ0v) is 28.0. The van der Waals surface area contributed by atoms with Crippen molar-refractivity contribution in [1.82, 2.24) is 0 Å². The van der Waals surface area contributed by atoms with Gasteiger partial charge in [0.1, 0.15) is 8.77 Å². The first kappa shape index (κ1) is 40.3. The van der Waals surface area contributed by atoms with Crippen LogP contribution in [0.2, 0.25) is 0 Å². The van der Waals surface area contributed by atoms with Gasteiger partial charge in [-0.15, -0.1) is 48.6 Å². The highest BCUT2D eigenvalue weighted by Crippen LogP contribution is 2.08. The van der Waals surface area contributed by atoms with Crippen molar-refractivity contribution in [3.8, 4) is 0 Å². The highest BCUT2D eigenvalue weighted by molar-refractivity contribution is 8.59. The Morgan fingerprint density at radius 3 is 1.06 bits per heavy atom. The van der Waals surface area contributed by atoms with E-state index in [1.54, 1.807) is 0 Å². The topological polar surface area (TPSA) is 18.5 Å². The van der Waals surface area contributed by atoms with Crippen LogP contribution in [0.3, 0.4) is 0 Å². The summed E-state index contributed by atoms with van der Waals surface area (Å²) < 4.78 is 12.9. The standard InChI is InChI=1S/2C13H28OS2.H2S2/c2*1-3-5-7-9-11-14-13(15)16-12-10-8-6-4-2;1-2/h2*15-16H,3-12H2,1-2H3;1-2H. The van der Waals surface area contributed by atoms with Gasteiger partial charge in [-0.2, -0.15) is 22.7 Å². The van der Waals surface area contributed by atoms with Crippen molar-refractivity contribution in [1.29, 1.82) is 0 Å². The summed E-state index contributed by atoms with van der Waals surface area (Å²) in [6.45, 7) is 10.6. The highest BCUT2D eigenvalue weighted by atomic mass is 33.1. The molecule has 0 aliphatic rings. The number of hydrogen-bond donors (Lipinski definition) is 6. The van der Waals surface area contributed by atoms with Crippen molar-refractivity contribution < 1.29 is 9.47 Å². The molecular formula is C26H58O2S6. The van der Waals surface area contributed by atoms with Gasteiger partial charge in [0, 0.05) is 0 Å². The minimum Gasteiger partial charge on any atom is -0.335 e. The molecule has 2 nitrogen and oxygen atoms in total. The number of rotatable bonds is 20. The normalized spacial score (nSPS) is 12.0. The molecule has 0 spiro atoms. The molecule has 0 bridgehead atoms. The Labute approximate surface area is 243 Å². The van der Waals surface area contributed by atoms with Crippen molar-refractivity contribution in [3.05, 3.63) is 0 Å². The Bertz CT molecular complexity index is 382. The predicted octanol–water partition coefficient (Wildman–Crippen LogP) is 10.1. The Kier molecular flexibility index (Phi) is 46.5. The van der Waals surface area contributed by atoms with Crippen LogP contribution in [0.1, 0.15) is 130 Å². The van der Waals surface area contributed by atoms with Crippen molar-refractivity contribution in [3.63, 3.8) is 0 Å². The zero-order chi connectivity index (χ0) is 26.1. The molecule has 34 heavy (non-hydrogen) atoms. The molecule has 0 fully saturated rings. The van der Waals surface area contributed by atoms with Crippen LogP contribution in [-0.4, -0.2) is 33.5 Å². The summed E-state index contributed by atoms with van der Waals surface area (Å²) in [5.41, 5.74) is 0.